The number of ether oxygens (including phenoxy) is 1. The van der Waals surface area contributed by atoms with Crippen molar-refractivity contribution in [1.82, 2.24) is 5.32 Å². The monoisotopic (exact) mass is 328 g/mol. The van der Waals surface area contributed by atoms with Crippen molar-refractivity contribution >= 4 is 17.7 Å². The Balaban J connectivity index is 1.75. The van der Waals surface area contributed by atoms with Crippen LogP contribution in [0, 0.1) is 0 Å². The minimum Gasteiger partial charge on any atom is -0.497 e. The molecule has 0 aliphatic carbocycles. The van der Waals surface area contributed by atoms with E-state index in [2.05, 4.69) is 17.4 Å². The molecule has 0 bridgehead atoms. The highest BCUT2D eigenvalue weighted by Gasteiger charge is 2.21. The molecule has 1 heterocycles. The van der Waals surface area contributed by atoms with Crippen LogP contribution >= 0.6 is 11.8 Å². The van der Waals surface area contributed by atoms with E-state index in [9.17, 15) is 4.79 Å². The number of carbonyl (C=O) groups excluding carboxylic acids is 1. The highest BCUT2D eigenvalue weighted by molar-refractivity contribution is 7.99. The number of fused-ring (bicyclic) bond motifs is 1. The van der Waals surface area contributed by atoms with Gasteiger partial charge in [-0.25, -0.2) is 0 Å². The predicted molar refractivity (Wildman–Crippen MR) is 92.9 cm³/mol. The van der Waals surface area contributed by atoms with Crippen molar-refractivity contribution < 1.29 is 9.53 Å². The zero-order valence-corrected chi connectivity index (χ0v) is 13.9. The van der Waals surface area contributed by atoms with Crippen LogP contribution in [-0.4, -0.2) is 18.8 Å². The van der Waals surface area contributed by atoms with Gasteiger partial charge in [-0.1, -0.05) is 12.1 Å². The molecule has 2 aromatic carbocycles. The Hall–Kier alpha value is -1.98. The van der Waals surface area contributed by atoms with E-state index in [4.69, 9.17) is 10.5 Å². The second-order valence-electron chi connectivity index (χ2n) is 5.54. The molecule has 0 saturated carbocycles. The summed E-state index contributed by atoms with van der Waals surface area (Å²) in [7, 11) is 1.69. The molecule has 1 aliphatic rings. The van der Waals surface area contributed by atoms with Gasteiger partial charge in [-0.05, 0) is 53.6 Å². The molecule has 0 saturated heterocycles. The summed E-state index contributed by atoms with van der Waals surface area (Å²) in [5, 5.41) is 3.59. The van der Waals surface area contributed by atoms with E-state index in [1.165, 1.54) is 10.5 Å². The second-order valence-corrected chi connectivity index (χ2v) is 6.68. The van der Waals surface area contributed by atoms with Gasteiger partial charge in [0.15, 0.2) is 0 Å². The summed E-state index contributed by atoms with van der Waals surface area (Å²) < 4.78 is 5.35. The maximum atomic E-state index is 11.3. The van der Waals surface area contributed by atoms with E-state index in [1.807, 2.05) is 36.0 Å². The molecule has 0 aromatic heterocycles. The molecule has 1 atom stereocenters. The van der Waals surface area contributed by atoms with Crippen LogP contribution in [0.15, 0.2) is 47.4 Å². The Morgan fingerprint density at radius 1 is 1.35 bits per heavy atom. The average molecular weight is 328 g/mol. The summed E-state index contributed by atoms with van der Waals surface area (Å²) in [6.07, 6.45) is 1.07. The zero-order valence-electron chi connectivity index (χ0n) is 13.0. The quantitative estimate of drug-likeness (QED) is 0.885. The number of hydrogen-bond acceptors (Lipinski definition) is 4. The number of rotatable bonds is 5. The topological polar surface area (TPSA) is 64.3 Å². The standard InChI is InChI=1S/C18H20N2O2S/c1-22-14-5-6-17-15(10-14)16(7-8-23-17)20-11-12-3-2-4-13(9-12)18(19)21/h2-6,9-10,16,20H,7-8,11H2,1H3,(H2,19,21)/t16-/m1/s1. The molecule has 2 aromatic rings. The molecule has 3 N–H and O–H groups in total. The third-order valence-corrected chi connectivity index (χ3v) is 5.14. The fourth-order valence-corrected chi connectivity index (χ4v) is 3.89. The van der Waals surface area contributed by atoms with Crippen molar-refractivity contribution in [2.45, 2.75) is 23.9 Å². The van der Waals surface area contributed by atoms with Crippen LogP contribution in [0.3, 0.4) is 0 Å². The smallest absolute Gasteiger partial charge is 0.248 e. The van der Waals surface area contributed by atoms with Gasteiger partial charge in [-0.2, -0.15) is 0 Å². The van der Waals surface area contributed by atoms with Crippen LogP contribution in [-0.2, 0) is 6.54 Å². The van der Waals surface area contributed by atoms with Crippen molar-refractivity contribution in [3.05, 3.63) is 59.2 Å². The minimum atomic E-state index is -0.393. The van der Waals surface area contributed by atoms with Crippen LogP contribution in [0.25, 0.3) is 0 Å². The Bertz CT molecular complexity index is 718. The predicted octanol–water partition coefficient (Wildman–Crippen LogP) is 3.12. The Labute approximate surface area is 140 Å². The van der Waals surface area contributed by atoms with E-state index in [-0.39, 0.29) is 0 Å². The first-order valence-electron chi connectivity index (χ1n) is 7.60. The van der Waals surface area contributed by atoms with Gasteiger partial charge in [-0.3, -0.25) is 4.79 Å². The molecule has 4 nitrogen and oxygen atoms in total. The number of benzene rings is 2. The molecule has 120 valence electrons. The fraction of sp³-hybridized carbons (Fsp3) is 0.278. The lowest BCUT2D eigenvalue weighted by Gasteiger charge is -2.26. The van der Waals surface area contributed by atoms with Crippen molar-refractivity contribution in [3.63, 3.8) is 0 Å². The third kappa shape index (κ3) is 3.68. The lowest BCUT2D eigenvalue weighted by Crippen LogP contribution is -2.24. The Kier molecular flexibility index (Phi) is 4.88. The van der Waals surface area contributed by atoms with E-state index in [1.54, 1.807) is 13.2 Å². The highest BCUT2D eigenvalue weighted by Crippen LogP contribution is 2.38. The maximum Gasteiger partial charge on any atom is 0.248 e. The lowest BCUT2D eigenvalue weighted by atomic mass is 10.0. The number of hydrogen-bond donors (Lipinski definition) is 2. The van der Waals surface area contributed by atoms with Crippen molar-refractivity contribution in [2.75, 3.05) is 12.9 Å². The van der Waals surface area contributed by atoms with Crippen LogP contribution in [0.1, 0.15) is 33.9 Å². The molecule has 0 fully saturated rings. The van der Waals surface area contributed by atoms with E-state index in [0.29, 0.717) is 18.2 Å². The van der Waals surface area contributed by atoms with Gasteiger partial charge in [0.1, 0.15) is 5.75 Å². The summed E-state index contributed by atoms with van der Waals surface area (Å²) in [5.41, 5.74) is 8.23. The number of amides is 1. The highest BCUT2D eigenvalue weighted by atomic mass is 32.2. The van der Waals surface area contributed by atoms with Crippen molar-refractivity contribution in [3.8, 4) is 5.75 Å². The van der Waals surface area contributed by atoms with Gasteiger partial charge in [-0.15, -0.1) is 11.8 Å². The molecule has 3 rings (SSSR count). The maximum absolute atomic E-state index is 11.3. The molecule has 1 aliphatic heterocycles. The molecule has 23 heavy (non-hydrogen) atoms. The van der Waals surface area contributed by atoms with Crippen LogP contribution < -0.4 is 15.8 Å². The lowest BCUT2D eigenvalue weighted by molar-refractivity contribution is 0.1000. The SMILES string of the molecule is COc1ccc2c(c1)[C@H](NCc1cccc(C(N)=O)c1)CCS2. The number of thioether (sulfide) groups is 1. The van der Waals surface area contributed by atoms with Gasteiger partial charge in [0.25, 0.3) is 0 Å². The normalized spacial score (nSPS) is 16.7. The minimum absolute atomic E-state index is 0.290. The van der Waals surface area contributed by atoms with Crippen LogP contribution in [0.4, 0.5) is 0 Å². The van der Waals surface area contributed by atoms with Crippen LogP contribution in [0.2, 0.25) is 0 Å². The molecular weight excluding hydrogens is 308 g/mol. The molecular formula is C18H20N2O2S. The zero-order chi connectivity index (χ0) is 16.2. The summed E-state index contributed by atoms with van der Waals surface area (Å²) >= 11 is 1.88. The molecule has 0 radical (unpaired) electrons. The molecule has 1 amide bonds. The third-order valence-electron chi connectivity index (χ3n) is 4.02. The van der Waals surface area contributed by atoms with E-state index in [0.717, 1.165) is 23.5 Å². The summed E-state index contributed by atoms with van der Waals surface area (Å²) in [6, 6.07) is 14.0. The second kappa shape index (κ2) is 7.06. The largest absolute Gasteiger partial charge is 0.497 e. The number of methoxy groups -OCH3 is 1. The van der Waals surface area contributed by atoms with Gasteiger partial charge in [0.2, 0.25) is 5.91 Å². The number of nitrogens with one attached hydrogen (secondary N) is 1. The van der Waals surface area contributed by atoms with E-state index >= 15 is 0 Å². The first-order chi connectivity index (χ1) is 11.2. The van der Waals surface area contributed by atoms with Gasteiger partial charge in [0, 0.05) is 23.0 Å². The summed E-state index contributed by atoms with van der Waals surface area (Å²) in [4.78, 5) is 12.6. The van der Waals surface area contributed by atoms with Crippen molar-refractivity contribution in [1.29, 1.82) is 0 Å². The number of nitrogens with two attached hydrogens (primary N) is 1. The molecule has 0 spiro atoms. The van der Waals surface area contributed by atoms with Crippen LogP contribution in [0.5, 0.6) is 5.75 Å². The van der Waals surface area contributed by atoms with Gasteiger partial charge < -0.3 is 15.8 Å². The summed E-state index contributed by atoms with van der Waals surface area (Å²) in [6.45, 7) is 0.701. The number of carbonyl (C=O) groups is 1. The van der Waals surface area contributed by atoms with Gasteiger partial charge in [0.05, 0.1) is 7.11 Å². The Morgan fingerprint density at radius 3 is 3.00 bits per heavy atom. The number of primary amides is 1. The molecule has 0 unspecified atom stereocenters. The van der Waals surface area contributed by atoms with Gasteiger partial charge >= 0.3 is 0 Å². The average Bonchev–Trinajstić information content (AvgIpc) is 2.59. The Morgan fingerprint density at radius 2 is 2.22 bits per heavy atom. The first kappa shape index (κ1) is 15.9. The van der Waals surface area contributed by atoms with E-state index < -0.39 is 5.91 Å². The summed E-state index contributed by atoms with van der Waals surface area (Å²) in [5.74, 6) is 1.59. The van der Waals surface area contributed by atoms with Crippen molar-refractivity contribution in [2.24, 2.45) is 5.73 Å². The fourth-order valence-electron chi connectivity index (χ4n) is 2.79. The molecule has 5 heteroatoms. The first-order valence-corrected chi connectivity index (χ1v) is 8.59.